The molecule has 0 bridgehead atoms. The summed E-state index contributed by atoms with van der Waals surface area (Å²) in [6.45, 7) is -2.81. The highest BCUT2D eigenvalue weighted by Crippen LogP contribution is 2.29. The number of nitrogens with zero attached hydrogens (tertiary/aromatic N) is 2. The SMILES string of the molecule is COc1ccc(-c2n[nH]c(CNC(=O)/C=C/c3ccc(OC(F)F)c(OC)c3)n2)cc1. The van der Waals surface area contributed by atoms with Crippen molar-refractivity contribution in [2.24, 2.45) is 0 Å². The second-order valence-corrected chi connectivity index (χ2v) is 6.17. The molecular formula is C21H20F2N4O4. The zero-order valence-electron chi connectivity index (χ0n) is 16.8. The van der Waals surface area contributed by atoms with E-state index in [1.54, 1.807) is 19.2 Å². The van der Waals surface area contributed by atoms with Crippen molar-refractivity contribution in [1.29, 1.82) is 0 Å². The molecule has 0 aliphatic rings. The second kappa shape index (κ2) is 10.2. The van der Waals surface area contributed by atoms with Gasteiger partial charge in [0.05, 0.1) is 20.8 Å². The molecule has 0 aliphatic carbocycles. The number of aromatic nitrogens is 3. The van der Waals surface area contributed by atoms with Crippen LogP contribution in [-0.4, -0.2) is 41.9 Å². The Morgan fingerprint density at radius 1 is 1.13 bits per heavy atom. The van der Waals surface area contributed by atoms with E-state index in [0.717, 1.165) is 11.3 Å². The van der Waals surface area contributed by atoms with Gasteiger partial charge < -0.3 is 19.5 Å². The van der Waals surface area contributed by atoms with Crippen molar-refractivity contribution in [2.45, 2.75) is 13.2 Å². The van der Waals surface area contributed by atoms with Gasteiger partial charge in [-0.1, -0.05) is 6.07 Å². The number of aromatic amines is 1. The molecule has 1 heterocycles. The largest absolute Gasteiger partial charge is 0.497 e. The number of alkyl halides is 2. The van der Waals surface area contributed by atoms with Crippen molar-refractivity contribution in [2.75, 3.05) is 14.2 Å². The summed E-state index contributed by atoms with van der Waals surface area (Å²) in [6.07, 6.45) is 2.83. The van der Waals surface area contributed by atoms with E-state index in [0.29, 0.717) is 17.2 Å². The average Bonchev–Trinajstić information content (AvgIpc) is 3.25. The molecule has 2 aromatic carbocycles. The van der Waals surface area contributed by atoms with E-state index in [4.69, 9.17) is 9.47 Å². The van der Waals surface area contributed by atoms with E-state index in [1.165, 1.54) is 37.5 Å². The number of methoxy groups -OCH3 is 2. The van der Waals surface area contributed by atoms with Gasteiger partial charge in [0.25, 0.3) is 0 Å². The number of carbonyl (C=O) groups excluding carboxylic acids is 1. The van der Waals surface area contributed by atoms with E-state index in [9.17, 15) is 13.6 Å². The van der Waals surface area contributed by atoms with Crippen LogP contribution in [0.5, 0.6) is 17.2 Å². The van der Waals surface area contributed by atoms with Crippen LogP contribution in [0, 0.1) is 0 Å². The summed E-state index contributed by atoms with van der Waals surface area (Å²) in [6, 6.07) is 11.6. The Morgan fingerprint density at radius 3 is 2.58 bits per heavy atom. The molecule has 31 heavy (non-hydrogen) atoms. The number of carbonyl (C=O) groups is 1. The lowest BCUT2D eigenvalue weighted by molar-refractivity contribution is -0.116. The molecule has 0 unspecified atom stereocenters. The molecule has 8 nitrogen and oxygen atoms in total. The number of nitrogens with one attached hydrogen (secondary N) is 2. The second-order valence-electron chi connectivity index (χ2n) is 6.17. The Hall–Kier alpha value is -3.95. The van der Waals surface area contributed by atoms with Crippen LogP contribution in [0.25, 0.3) is 17.5 Å². The van der Waals surface area contributed by atoms with E-state index < -0.39 is 6.61 Å². The van der Waals surface area contributed by atoms with Crippen LogP contribution in [0.4, 0.5) is 8.78 Å². The summed E-state index contributed by atoms with van der Waals surface area (Å²) in [5, 5.41) is 9.60. The monoisotopic (exact) mass is 430 g/mol. The lowest BCUT2D eigenvalue weighted by Gasteiger charge is -2.10. The van der Waals surface area contributed by atoms with Gasteiger partial charge in [0.1, 0.15) is 11.6 Å². The fourth-order valence-corrected chi connectivity index (χ4v) is 2.63. The van der Waals surface area contributed by atoms with Gasteiger partial charge in [-0.25, -0.2) is 4.98 Å². The number of ether oxygens (including phenoxy) is 3. The summed E-state index contributed by atoms with van der Waals surface area (Å²) in [5.41, 5.74) is 1.39. The third-order valence-corrected chi connectivity index (χ3v) is 4.14. The first-order valence-corrected chi connectivity index (χ1v) is 9.13. The number of amides is 1. The van der Waals surface area contributed by atoms with Crippen molar-refractivity contribution in [1.82, 2.24) is 20.5 Å². The van der Waals surface area contributed by atoms with Gasteiger partial charge in [-0.3, -0.25) is 9.89 Å². The fourth-order valence-electron chi connectivity index (χ4n) is 2.63. The molecule has 0 aliphatic heterocycles. The van der Waals surface area contributed by atoms with Crippen molar-refractivity contribution >= 4 is 12.0 Å². The third kappa shape index (κ3) is 6.01. The molecular weight excluding hydrogens is 410 g/mol. The smallest absolute Gasteiger partial charge is 0.387 e. The van der Waals surface area contributed by atoms with Crippen LogP contribution in [0.3, 0.4) is 0 Å². The Labute approximate surface area is 176 Å². The Morgan fingerprint density at radius 2 is 1.90 bits per heavy atom. The van der Waals surface area contributed by atoms with Crippen LogP contribution in [-0.2, 0) is 11.3 Å². The predicted octanol–water partition coefficient (Wildman–Crippen LogP) is 3.42. The number of hydrogen-bond donors (Lipinski definition) is 2. The van der Waals surface area contributed by atoms with E-state index in [2.05, 4.69) is 25.2 Å². The van der Waals surface area contributed by atoms with Gasteiger partial charge >= 0.3 is 6.61 Å². The first-order chi connectivity index (χ1) is 15.0. The van der Waals surface area contributed by atoms with Gasteiger partial charge in [0.2, 0.25) is 5.91 Å². The van der Waals surface area contributed by atoms with Gasteiger partial charge in [-0.15, -0.1) is 0 Å². The number of halogens is 2. The summed E-state index contributed by atoms with van der Waals surface area (Å²) in [4.78, 5) is 16.4. The van der Waals surface area contributed by atoms with Gasteiger partial charge in [0, 0.05) is 11.6 Å². The lowest BCUT2D eigenvalue weighted by atomic mass is 10.2. The van der Waals surface area contributed by atoms with Crippen LogP contribution < -0.4 is 19.5 Å². The maximum Gasteiger partial charge on any atom is 0.387 e. The lowest BCUT2D eigenvalue weighted by Crippen LogP contribution is -2.20. The molecule has 1 aromatic heterocycles. The van der Waals surface area contributed by atoms with Crippen LogP contribution in [0.1, 0.15) is 11.4 Å². The Balaban J connectivity index is 1.56. The quantitative estimate of drug-likeness (QED) is 0.505. The minimum Gasteiger partial charge on any atom is -0.497 e. The van der Waals surface area contributed by atoms with Crippen molar-refractivity contribution < 1.29 is 27.8 Å². The zero-order chi connectivity index (χ0) is 22.2. The van der Waals surface area contributed by atoms with Crippen molar-refractivity contribution in [3.8, 4) is 28.6 Å². The predicted molar refractivity (Wildman–Crippen MR) is 109 cm³/mol. The first kappa shape index (κ1) is 21.8. The van der Waals surface area contributed by atoms with Crippen molar-refractivity contribution in [3.05, 3.63) is 59.9 Å². The number of benzene rings is 2. The summed E-state index contributed by atoms with van der Waals surface area (Å²) >= 11 is 0. The highest BCUT2D eigenvalue weighted by molar-refractivity contribution is 5.91. The zero-order valence-corrected chi connectivity index (χ0v) is 16.8. The minimum absolute atomic E-state index is 0.0860. The van der Waals surface area contributed by atoms with Gasteiger partial charge in [-0.2, -0.15) is 13.9 Å². The normalized spacial score (nSPS) is 11.0. The van der Waals surface area contributed by atoms with Crippen LogP contribution in [0.15, 0.2) is 48.5 Å². The molecule has 0 saturated carbocycles. The fraction of sp³-hybridized carbons (Fsp3) is 0.190. The Kier molecular flexibility index (Phi) is 7.15. The number of H-pyrrole nitrogens is 1. The maximum atomic E-state index is 12.4. The van der Waals surface area contributed by atoms with E-state index in [-0.39, 0.29) is 24.0 Å². The molecule has 0 atom stereocenters. The molecule has 2 N–H and O–H groups in total. The highest BCUT2D eigenvalue weighted by atomic mass is 19.3. The average molecular weight is 430 g/mol. The molecule has 1 amide bonds. The third-order valence-electron chi connectivity index (χ3n) is 4.14. The number of rotatable bonds is 9. The van der Waals surface area contributed by atoms with E-state index in [1.807, 2.05) is 12.1 Å². The molecule has 3 rings (SSSR count). The molecule has 0 fully saturated rings. The minimum atomic E-state index is -2.96. The summed E-state index contributed by atoms with van der Waals surface area (Å²) in [5.74, 6) is 1.40. The standard InChI is InChI=1S/C21H20F2N4O4/c1-29-15-7-5-14(6-8-15)20-25-18(26-27-20)12-24-19(28)10-4-13-3-9-16(31-21(22)23)17(11-13)30-2/h3-11,21H,12H2,1-2H3,(H,24,28)(H,25,26,27)/b10-4+. The number of hydrogen-bond acceptors (Lipinski definition) is 6. The molecule has 3 aromatic rings. The molecule has 0 saturated heterocycles. The van der Waals surface area contributed by atoms with Crippen LogP contribution in [0.2, 0.25) is 0 Å². The van der Waals surface area contributed by atoms with Crippen LogP contribution >= 0.6 is 0 Å². The van der Waals surface area contributed by atoms with Crippen molar-refractivity contribution in [3.63, 3.8) is 0 Å². The molecule has 162 valence electrons. The Bertz CT molecular complexity index is 1050. The summed E-state index contributed by atoms with van der Waals surface area (Å²) in [7, 11) is 2.93. The van der Waals surface area contributed by atoms with E-state index >= 15 is 0 Å². The van der Waals surface area contributed by atoms with Gasteiger partial charge in [-0.05, 0) is 48.0 Å². The maximum absolute atomic E-state index is 12.4. The topological polar surface area (TPSA) is 98.4 Å². The first-order valence-electron chi connectivity index (χ1n) is 9.13. The molecule has 0 spiro atoms. The van der Waals surface area contributed by atoms with Gasteiger partial charge in [0.15, 0.2) is 17.3 Å². The molecule has 0 radical (unpaired) electrons. The summed E-state index contributed by atoms with van der Waals surface area (Å²) < 4.78 is 39.3. The highest BCUT2D eigenvalue weighted by Gasteiger charge is 2.11. The molecule has 10 heteroatoms.